The van der Waals surface area contributed by atoms with Crippen LogP contribution in [0.4, 0.5) is 0 Å². The molecular weight excluding hydrogens is 292 g/mol. The second-order valence-electron chi connectivity index (χ2n) is 5.61. The van der Waals surface area contributed by atoms with Crippen LogP contribution in [0.3, 0.4) is 0 Å². The average Bonchev–Trinajstić information content (AvgIpc) is 2.46. The first-order chi connectivity index (χ1) is 10.6. The first-order valence-electron chi connectivity index (χ1n) is 7.51. The maximum Gasteiger partial charge on any atom is 0.337 e. The van der Waals surface area contributed by atoms with Gasteiger partial charge in [0.1, 0.15) is 5.58 Å². The summed E-state index contributed by atoms with van der Waals surface area (Å²) in [4.78, 5) is 12.6. The maximum absolute atomic E-state index is 11.6. The Hall–Kier alpha value is -1.74. The van der Waals surface area contributed by atoms with E-state index in [9.17, 15) is 4.79 Å². The van der Waals surface area contributed by atoms with Gasteiger partial charge in [-0.25, -0.2) is 4.79 Å². The molecule has 0 aliphatic rings. The van der Waals surface area contributed by atoms with Crippen LogP contribution in [0.2, 0.25) is 0 Å². The molecule has 0 radical (unpaired) electrons. The van der Waals surface area contributed by atoms with Gasteiger partial charge in [-0.1, -0.05) is 41.5 Å². The molecule has 0 saturated carbocycles. The molecule has 2 aromatic rings. The monoisotopic (exact) mass is 314 g/mol. The van der Waals surface area contributed by atoms with Gasteiger partial charge in [-0.3, -0.25) is 0 Å². The van der Waals surface area contributed by atoms with Crippen LogP contribution < -0.4 is 5.63 Å². The summed E-state index contributed by atoms with van der Waals surface area (Å²) in [5.74, 6) is 0.869. The molecule has 0 fully saturated rings. The molecule has 0 spiro atoms. The lowest BCUT2D eigenvalue weighted by Gasteiger charge is -2.04. The standard InChI is InChI=1S/C19H22O2S/c1-14(2)7-6-8-15(3)11-12-22-18-13-19(20)21-17-10-5-4-9-16(17)18/h4-5,7,9-11,13H,6,8,12H2,1-3H3/b15-11+. The Labute approximate surface area is 135 Å². The highest BCUT2D eigenvalue weighted by molar-refractivity contribution is 7.99. The number of thioether (sulfide) groups is 1. The summed E-state index contributed by atoms with van der Waals surface area (Å²) in [5.41, 5.74) is 3.12. The van der Waals surface area contributed by atoms with Gasteiger partial charge in [0, 0.05) is 22.1 Å². The molecule has 0 aliphatic heterocycles. The minimum atomic E-state index is -0.287. The number of fused-ring (bicyclic) bond motifs is 1. The molecule has 1 aromatic carbocycles. The molecule has 1 heterocycles. The zero-order valence-corrected chi connectivity index (χ0v) is 14.2. The van der Waals surface area contributed by atoms with Crippen molar-refractivity contribution in [2.24, 2.45) is 0 Å². The summed E-state index contributed by atoms with van der Waals surface area (Å²) in [5, 5.41) is 1.00. The molecule has 0 bridgehead atoms. The van der Waals surface area contributed by atoms with Crippen LogP contribution in [0.15, 0.2) is 67.7 Å². The smallest absolute Gasteiger partial charge is 0.337 e. The van der Waals surface area contributed by atoms with Crippen LogP contribution in [0, 0.1) is 0 Å². The van der Waals surface area contributed by atoms with Crippen molar-refractivity contribution in [2.45, 2.75) is 38.5 Å². The molecule has 0 N–H and O–H groups in total. The van der Waals surface area contributed by atoms with Crippen molar-refractivity contribution < 1.29 is 4.42 Å². The Balaban J connectivity index is 2.03. The molecule has 2 nitrogen and oxygen atoms in total. The van der Waals surface area contributed by atoms with Crippen molar-refractivity contribution in [1.82, 2.24) is 0 Å². The van der Waals surface area contributed by atoms with Gasteiger partial charge in [0.2, 0.25) is 0 Å². The first kappa shape index (κ1) is 16.6. The molecule has 22 heavy (non-hydrogen) atoms. The van der Waals surface area contributed by atoms with Crippen molar-refractivity contribution in [3.63, 3.8) is 0 Å². The van der Waals surface area contributed by atoms with Crippen LogP contribution in [0.25, 0.3) is 11.0 Å². The summed E-state index contributed by atoms with van der Waals surface area (Å²) in [6.45, 7) is 6.42. The van der Waals surface area contributed by atoms with E-state index >= 15 is 0 Å². The Morgan fingerprint density at radius 2 is 1.95 bits per heavy atom. The molecule has 1 aromatic heterocycles. The number of para-hydroxylation sites is 1. The van der Waals surface area contributed by atoms with Crippen molar-refractivity contribution in [3.8, 4) is 0 Å². The van der Waals surface area contributed by atoms with Crippen molar-refractivity contribution in [3.05, 3.63) is 64.1 Å². The average molecular weight is 314 g/mol. The molecule has 0 atom stereocenters. The highest BCUT2D eigenvalue weighted by Crippen LogP contribution is 2.26. The topological polar surface area (TPSA) is 30.2 Å². The highest BCUT2D eigenvalue weighted by atomic mass is 32.2. The predicted molar refractivity (Wildman–Crippen MR) is 95.6 cm³/mol. The normalized spacial score (nSPS) is 11.7. The molecular formula is C19H22O2S. The van der Waals surface area contributed by atoms with E-state index in [1.165, 1.54) is 11.1 Å². The second kappa shape index (κ2) is 8.04. The third-order valence-electron chi connectivity index (χ3n) is 3.37. The van der Waals surface area contributed by atoms with Crippen LogP contribution in [0.5, 0.6) is 0 Å². The van der Waals surface area contributed by atoms with Gasteiger partial charge in [-0.05, 0) is 39.7 Å². The third kappa shape index (κ3) is 4.92. The Morgan fingerprint density at radius 3 is 2.73 bits per heavy atom. The van der Waals surface area contributed by atoms with Gasteiger partial charge >= 0.3 is 5.63 Å². The molecule has 0 saturated heterocycles. The van der Waals surface area contributed by atoms with E-state index in [0.717, 1.165) is 28.9 Å². The van der Waals surface area contributed by atoms with Crippen LogP contribution in [-0.2, 0) is 0 Å². The van der Waals surface area contributed by atoms with Gasteiger partial charge in [0.15, 0.2) is 0 Å². The lowest BCUT2D eigenvalue weighted by molar-refractivity contribution is 0.557. The van der Waals surface area contributed by atoms with Crippen LogP contribution in [0.1, 0.15) is 33.6 Å². The van der Waals surface area contributed by atoms with E-state index in [4.69, 9.17) is 4.42 Å². The van der Waals surface area contributed by atoms with E-state index in [1.807, 2.05) is 24.3 Å². The second-order valence-corrected chi connectivity index (χ2v) is 6.67. The van der Waals surface area contributed by atoms with E-state index in [2.05, 4.69) is 32.9 Å². The van der Waals surface area contributed by atoms with Crippen LogP contribution in [-0.4, -0.2) is 5.75 Å². The Morgan fingerprint density at radius 1 is 1.18 bits per heavy atom. The zero-order valence-electron chi connectivity index (χ0n) is 13.4. The quantitative estimate of drug-likeness (QED) is 0.396. The summed E-state index contributed by atoms with van der Waals surface area (Å²) in [6, 6.07) is 9.26. The van der Waals surface area contributed by atoms with Gasteiger partial charge in [-0.15, -0.1) is 11.8 Å². The number of hydrogen-bond donors (Lipinski definition) is 0. The molecule has 116 valence electrons. The Bertz CT molecular complexity index is 749. The highest BCUT2D eigenvalue weighted by Gasteiger charge is 2.04. The zero-order chi connectivity index (χ0) is 15.9. The number of hydrogen-bond acceptors (Lipinski definition) is 3. The lowest BCUT2D eigenvalue weighted by atomic mass is 10.1. The number of allylic oxidation sites excluding steroid dienone is 3. The maximum atomic E-state index is 11.6. The number of benzene rings is 1. The molecule has 0 unspecified atom stereocenters. The summed E-state index contributed by atoms with van der Waals surface area (Å²) in [7, 11) is 0. The fraction of sp³-hybridized carbons (Fsp3) is 0.316. The van der Waals surface area contributed by atoms with E-state index < -0.39 is 0 Å². The predicted octanol–water partition coefficient (Wildman–Crippen LogP) is 5.58. The summed E-state index contributed by atoms with van der Waals surface area (Å²) in [6.07, 6.45) is 6.68. The SMILES string of the molecule is CC(C)=CCC/C(C)=C/CSc1cc(=O)oc2ccccc12. The summed E-state index contributed by atoms with van der Waals surface area (Å²) < 4.78 is 5.21. The van der Waals surface area contributed by atoms with E-state index in [-0.39, 0.29) is 5.63 Å². The lowest BCUT2D eigenvalue weighted by Crippen LogP contribution is -1.97. The van der Waals surface area contributed by atoms with E-state index in [0.29, 0.717) is 5.58 Å². The van der Waals surface area contributed by atoms with Gasteiger partial charge < -0.3 is 4.42 Å². The van der Waals surface area contributed by atoms with E-state index in [1.54, 1.807) is 17.8 Å². The molecule has 0 aliphatic carbocycles. The minimum absolute atomic E-state index is 0.287. The minimum Gasteiger partial charge on any atom is -0.423 e. The van der Waals surface area contributed by atoms with Gasteiger partial charge in [0.25, 0.3) is 0 Å². The van der Waals surface area contributed by atoms with Crippen molar-refractivity contribution in [1.29, 1.82) is 0 Å². The van der Waals surface area contributed by atoms with Gasteiger partial charge in [-0.2, -0.15) is 0 Å². The molecule has 3 heteroatoms. The molecule has 0 amide bonds. The fourth-order valence-electron chi connectivity index (χ4n) is 2.17. The number of rotatable bonds is 6. The largest absolute Gasteiger partial charge is 0.423 e. The fourth-order valence-corrected chi connectivity index (χ4v) is 3.22. The molecule has 2 rings (SSSR count). The van der Waals surface area contributed by atoms with Crippen molar-refractivity contribution in [2.75, 3.05) is 5.75 Å². The Kier molecular flexibility index (Phi) is 6.08. The van der Waals surface area contributed by atoms with Gasteiger partial charge in [0.05, 0.1) is 0 Å². The summed E-state index contributed by atoms with van der Waals surface area (Å²) >= 11 is 1.68. The third-order valence-corrected chi connectivity index (χ3v) is 4.36. The van der Waals surface area contributed by atoms with Crippen molar-refractivity contribution >= 4 is 22.7 Å². The first-order valence-corrected chi connectivity index (χ1v) is 8.49. The van der Waals surface area contributed by atoms with Crippen LogP contribution >= 0.6 is 11.8 Å².